The molecule has 3 rings (SSSR count). The third-order valence-electron chi connectivity index (χ3n) is 4.63. The SMILES string of the molecule is Cl.O=C(CCNS(=O)(=O)c1ccccc1)N1C2CCNCC1CC2. The molecule has 2 saturated heterocycles. The van der Waals surface area contributed by atoms with Crippen LogP contribution < -0.4 is 10.0 Å². The van der Waals surface area contributed by atoms with Crippen molar-refractivity contribution in [3.63, 3.8) is 0 Å². The maximum absolute atomic E-state index is 12.5. The molecular weight excluding hydrogens is 350 g/mol. The fraction of sp³-hybridized carbons (Fsp3) is 0.562. The highest BCUT2D eigenvalue weighted by Gasteiger charge is 2.37. The normalized spacial score (nSPS) is 23.4. The summed E-state index contributed by atoms with van der Waals surface area (Å²) in [6.07, 6.45) is 3.30. The summed E-state index contributed by atoms with van der Waals surface area (Å²) >= 11 is 0. The topological polar surface area (TPSA) is 78.5 Å². The highest BCUT2D eigenvalue weighted by molar-refractivity contribution is 7.89. The number of rotatable bonds is 5. The summed E-state index contributed by atoms with van der Waals surface area (Å²) in [5.41, 5.74) is 0. The Balaban J connectivity index is 0.00000208. The van der Waals surface area contributed by atoms with E-state index in [1.54, 1.807) is 30.3 Å². The van der Waals surface area contributed by atoms with Crippen molar-refractivity contribution in [2.75, 3.05) is 19.6 Å². The Morgan fingerprint density at radius 3 is 2.62 bits per heavy atom. The molecule has 2 aliphatic heterocycles. The Labute approximate surface area is 149 Å². The molecule has 8 heteroatoms. The van der Waals surface area contributed by atoms with Crippen LogP contribution in [0, 0.1) is 0 Å². The number of nitrogens with zero attached hydrogens (tertiary/aromatic N) is 1. The number of carbonyl (C=O) groups excluding carboxylic acids is 1. The van der Waals surface area contributed by atoms with E-state index < -0.39 is 10.0 Å². The first kappa shape index (κ1) is 19.2. The maximum Gasteiger partial charge on any atom is 0.240 e. The van der Waals surface area contributed by atoms with Crippen LogP contribution in [0.2, 0.25) is 0 Å². The first-order chi connectivity index (χ1) is 11.1. The van der Waals surface area contributed by atoms with E-state index in [1.165, 1.54) is 0 Å². The van der Waals surface area contributed by atoms with Gasteiger partial charge in [-0.2, -0.15) is 0 Å². The van der Waals surface area contributed by atoms with Gasteiger partial charge in [0.25, 0.3) is 0 Å². The minimum Gasteiger partial charge on any atom is -0.335 e. The van der Waals surface area contributed by atoms with Gasteiger partial charge in [-0.1, -0.05) is 18.2 Å². The zero-order valence-corrected chi connectivity index (χ0v) is 15.1. The first-order valence-corrected chi connectivity index (χ1v) is 9.63. The highest BCUT2D eigenvalue weighted by atomic mass is 35.5. The molecule has 0 aromatic heterocycles. The van der Waals surface area contributed by atoms with Crippen molar-refractivity contribution in [3.8, 4) is 0 Å². The molecule has 2 fully saturated rings. The van der Waals surface area contributed by atoms with Gasteiger partial charge in [0.1, 0.15) is 0 Å². The van der Waals surface area contributed by atoms with Crippen LogP contribution in [-0.2, 0) is 14.8 Å². The molecule has 2 unspecified atom stereocenters. The monoisotopic (exact) mass is 373 g/mol. The Kier molecular flexibility index (Phi) is 6.62. The predicted octanol–water partition coefficient (Wildman–Crippen LogP) is 1.13. The molecule has 1 amide bonds. The van der Waals surface area contributed by atoms with Gasteiger partial charge in [0.05, 0.1) is 4.90 Å². The van der Waals surface area contributed by atoms with E-state index in [4.69, 9.17) is 0 Å². The van der Waals surface area contributed by atoms with Gasteiger partial charge in [0, 0.05) is 31.6 Å². The largest absolute Gasteiger partial charge is 0.335 e. The smallest absolute Gasteiger partial charge is 0.240 e. The third-order valence-corrected chi connectivity index (χ3v) is 6.10. The van der Waals surface area contributed by atoms with Crippen molar-refractivity contribution in [3.05, 3.63) is 30.3 Å². The summed E-state index contributed by atoms with van der Waals surface area (Å²) in [7, 11) is -3.54. The van der Waals surface area contributed by atoms with Crippen LogP contribution in [0.15, 0.2) is 35.2 Å². The summed E-state index contributed by atoms with van der Waals surface area (Å²) in [6, 6.07) is 8.80. The van der Waals surface area contributed by atoms with Crippen LogP contribution in [-0.4, -0.2) is 50.9 Å². The number of hydrogen-bond acceptors (Lipinski definition) is 4. The number of sulfonamides is 1. The number of fused-ring (bicyclic) bond motifs is 2. The van der Waals surface area contributed by atoms with Crippen molar-refractivity contribution in [2.24, 2.45) is 0 Å². The molecule has 0 aliphatic carbocycles. The number of benzene rings is 1. The van der Waals surface area contributed by atoms with E-state index in [-0.39, 0.29) is 42.2 Å². The summed E-state index contributed by atoms with van der Waals surface area (Å²) in [4.78, 5) is 14.7. The van der Waals surface area contributed by atoms with Gasteiger partial charge in [0.15, 0.2) is 0 Å². The van der Waals surface area contributed by atoms with Gasteiger partial charge in [-0.25, -0.2) is 13.1 Å². The van der Waals surface area contributed by atoms with Crippen molar-refractivity contribution >= 4 is 28.3 Å². The van der Waals surface area contributed by atoms with Crippen molar-refractivity contribution < 1.29 is 13.2 Å². The minimum absolute atomic E-state index is 0. The zero-order chi connectivity index (χ0) is 16.3. The van der Waals surface area contributed by atoms with Gasteiger partial charge >= 0.3 is 0 Å². The fourth-order valence-corrected chi connectivity index (χ4v) is 4.55. The molecule has 2 aliphatic rings. The lowest BCUT2D eigenvalue weighted by Crippen LogP contribution is -2.43. The molecule has 2 heterocycles. The summed E-state index contributed by atoms with van der Waals surface area (Å²) < 4.78 is 26.8. The Morgan fingerprint density at radius 2 is 1.88 bits per heavy atom. The van der Waals surface area contributed by atoms with Gasteiger partial charge in [-0.3, -0.25) is 4.79 Å². The van der Waals surface area contributed by atoms with E-state index in [0.717, 1.165) is 32.4 Å². The number of halogens is 1. The second-order valence-corrected chi connectivity index (χ2v) is 7.91. The molecule has 0 radical (unpaired) electrons. The van der Waals surface area contributed by atoms with E-state index in [9.17, 15) is 13.2 Å². The number of amides is 1. The summed E-state index contributed by atoms with van der Waals surface area (Å²) in [6.45, 7) is 1.93. The number of nitrogens with one attached hydrogen (secondary N) is 2. The Bertz CT molecular complexity index is 640. The third kappa shape index (κ3) is 4.27. The van der Waals surface area contributed by atoms with Crippen molar-refractivity contribution in [1.29, 1.82) is 0 Å². The molecule has 0 spiro atoms. The fourth-order valence-electron chi connectivity index (χ4n) is 3.49. The van der Waals surface area contributed by atoms with E-state index >= 15 is 0 Å². The molecular formula is C16H24ClN3O3S. The van der Waals surface area contributed by atoms with Crippen LogP contribution in [0.25, 0.3) is 0 Å². The Hall–Kier alpha value is -1.15. The number of carbonyl (C=O) groups is 1. The molecule has 134 valence electrons. The lowest BCUT2D eigenvalue weighted by molar-refractivity contribution is -0.133. The molecule has 1 aromatic carbocycles. The molecule has 2 atom stereocenters. The van der Waals surface area contributed by atoms with Crippen LogP contribution >= 0.6 is 12.4 Å². The average molecular weight is 374 g/mol. The zero-order valence-electron chi connectivity index (χ0n) is 13.5. The second kappa shape index (κ2) is 8.29. The standard InChI is InChI=1S/C16H23N3O3S.ClH/c20-16(19-13-6-7-14(19)12-17-10-8-13)9-11-18-23(21,22)15-4-2-1-3-5-15;/h1-5,13-14,17-18H,6-12H2;1H. The number of hydrogen-bond donors (Lipinski definition) is 2. The molecule has 24 heavy (non-hydrogen) atoms. The van der Waals surface area contributed by atoms with E-state index in [1.807, 2.05) is 4.90 Å². The van der Waals surface area contributed by atoms with Crippen LogP contribution in [0.4, 0.5) is 0 Å². The van der Waals surface area contributed by atoms with Crippen molar-refractivity contribution in [2.45, 2.75) is 42.7 Å². The maximum atomic E-state index is 12.5. The molecule has 2 N–H and O–H groups in total. The molecule has 6 nitrogen and oxygen atoms in total. The lowest BCUT2D eigenvalue weighted by Gasteiger charge is -2.28. The molecule has 1 aromatic rings. The van der Waals surface area contributed by atoms with Crippen molar-refractivity contribution in [1.82, 2.24) is 14.9 Å². The quantitative estimate of drug-likeness (QED) is 0.811. The van der Waals surface area contributed by atoms with E-state index in [2.05, 4.69) is 10.0 Å². The summed E-state index contributed by atoms with van der Waals surface area (Å²) in [5, 5.41) is 3.36. The van der Waals surface area contributed by atoms with E-state index in [0.29, 0.717) is 6.04 Å². The van der Waals surface area contributed by atoms with Crippen LogP contribution in [0.1, 0.15) is 25.7 Å². The summed E-state index contributed by atoms with van der Waals surface area (Å²) in [5.74, 6) is 0.0527. The Morgan fingerprint density at radius 1 is 1.17 bits per heavy atom. The highest BCUT2D eigenvalue weighted by Crippen LogP contribution is 2.28. The van der Waals surface area contributed by atoms with Gasteiger partial charge in [-0.15, -0.1) is 12.4 Å². The van der Waals surface area contributed by atoms with Crippen LogP contribution in [0.3, 0.4) is 0 Å². The second-order valence-electron chi connectivity index (χ2n) is 6.14. The van der Waals surface area contributed by atoms with Gasteiger partial charge in [-0.05, 0) is 37.9 Å². The minimum atomic E-state index is -3.54. The lowest BCUT2D eigenvalue weighted by atomic mass is 10.1. The average Bonchev–Trinajstić information content (AvgIpc) is 2.81. The van der Waals surface area contributed by atoms with Gasteiger partial charge in [0.2, 0.25) is 15.9 Å². The predicted molar refractivity (Wildman–Crippen MR) is 94.6 cm³/mol. The molecule has 2 bridgehead atoms. The first-order valence-electron chi connectivity index (χ1n) is 8.14. The van der Waals surface area contributed by atoms with Crippen LogP contribution in [0.5, 0.6) is 0 Å². The van der Waals surface area contributed by atoms with Gasteiger partial charge < -0.3 is 10.2 Å². The molecule has 0 saturated carbocycles.